The molecule has 1 aliphatic heterocycles. The third-order valence-corrected chi connectivity index (χ3v) is 3.27. The monoisotopic (exact) mass is 247 g/mol. The first-order valence-corrected chi connectivity index (χ1v) is 6.74. The van der Waals surface area contributed by atoms with E-state index >= 15 is 0 Å². The lowest BCUT2D eigenvalue weighted by Gasteiger charge is -2.14. The molecule has 0 aliphatic carbocycles. The molecule has 0 aromatic heterocycles. The van der Waals surface area contributed by atoms with Gasteiger partial charge in [0.15, 0.2) is 0 Å². The van der Waals surface area contributed by atoms with Gasteiger partial charge in [-0.3, -0.25) is 4.79 Å². The molecule has 1 heterocycles. The van der Waals surface area contributed by atoms with Crippen LogP contribution in [-0.2, 0) is 9.53 Å². The topological polar surface area (TPSA) is 38.3 Å². The molecule has 16 heavy (non-hydrogen) atoms. The number of alkyl halides is 1. The number of halogens is 1. The summed E-state index contributed by atoms with van der Waals surface area (Å²) in [5, 5.41) is 2.94. The first kappa shape index (κ1) is 13.8. The Morgan fingerprint density at radius 2 is 2.12 bits per heavy atom. The maximum atomic E-state index is 11.7. The lowest BCUT2D eigenvalue weighted by atomic mass is 10.0. The Bertz CT molecular complexity index is 211. The third-order valence-electron chi connectivity index (χ3n) is 3.01. The van der Waals surface area contributed by atoms with Gasteiger partial charge in [0.2, 0.25) is 5.91 Å². The fourth-order valence-corrected chi connectivity index (χ4v) is 2.10. The van der Waals surface area contributed by atoms with E-state index in [9.17, 15) is 4.79 Å². The molecule has 0 aromatic carbocycles. The summed E-state index contributed by atoms with van der Waals surface area (Å²) in [6, 6.07) is 0. The van der Waals surface area contributed by atoms with Crippen molar-refractivity contribution in [2.24, 2.45) is 5.92 Å². The number of carbonyl (C=O) groups excluding carboxylic acids is 1. The van der Waals surface area contributed by atoms with Gasteiger partial charge >= 0.3 is 0 Å². The van der Waals surface area contributed by atoms with Crippen molar-refractivity contribution >= 4 is 17.5 Å². The predicted molar refractivity (Wildman–Crippen MR) is 65.7 cm³/mol. The number of amides is 1. The molecule has 2 atom stereocenters. The Kier molecular flexibility index (Phi) is 6.81. The summed E-state index contributed by atoms with van der Waals surface area (Å²) in [4.78, 5) is 11.7. The van der Waals surface area contributed by atoms with Gasteiger partial charge in [0.1, 0.15) is 6.10 Å². The highest BCUT2D eigenvalue weighted by atomic mass is 35.5. The number of rotatable bonds is 7. The van der Waals surface area contributed by atoms with E-state index in [-0.39, 0.29) is 12.0 Å². The number of hydrogen-bond acceptors (Lipinski definition) is 2. The Labute approximate surface area is 103 Å². The Hall–Kier alpha value is -0.280. The minimum atomic E-state index is -0.220. The molecule has 1 aliphatic rings. The van der Waals surface area contributed by atoms with Crippen LogP contribution < -0.4 is 5.32 Å². The van der Waals surface area contributed by atoms with Gasteiger partial charge in [-0.05, 0) is 25.2 Å². The number of unbranched alkanes of at least 4 members (excludes halogenated alkanes) is 3. The fraction of sp³-hybridized carbons (Fsp3) is 0.917. The molecule has 0 bridgehead atoms. The van der Waals surface area contributed by atoms with Gasteiger partial charge < -0.3 is 10.1 Å². The van der Waals surface area contributed by atoms with Gasteiger partial charge in [0, 0.05) is 19.0 Å². The Balaban J connectivity index is 2.02. The zero-order valence-electron chi connectivity index (χ0n) is 10.0. The highest BCUT2D eigenvalue weighted by molar-refractivity contribution is 6.17. The molecule has 1 amide bonds. The standard InChI is InChI=1S/C12H22ClNO2/c1-10-6-9-16-11(10)12(15)14-8-5-3-2-4-7-13/h10-11H,2-9H2,1H3,(H,14,15). The van der Waals surface area contributed by atoms with Gasteiger partial charge in [0.05, 0.1) is 0 Å². The third kappa shape index (κ3) is 4.71. The van der Waals surface area contributed by atoms with Crippen molar-refractivity contribution < 1.29 is 9.53 Å². The van der Waals surface area contributed by atoms with E-state index in [2.05, 4.69) is 12.2 Å². The average Bonchev–Trinajstić information content (AvgIpc) is 2.69. The van der Waals surface area contributed by atoms with Crippen molar-refractivity contribution in [3.8, 4) is 0 Å². The minimum Gasteiger partial charge on any atom is -0.368 e. The van der Waals surface area contributed by atoms with Crippen molar-refractivity contribution in [2.75, 3.05) is 19.0 Å². The molecule has 3 nitrogen and oxygen atoms in total. The van der Waals surface area contributed by atoms with Gasteiger partial charge in [-0.2, -0.15) is 0 Å². The van der Waals surface area contributed by atoms with Gasteiger partial charge in [-0.15, -0.1) is 11.6 Å². The zero-order valence-corrected chi connectivity index (χ0v) is 10.8. The van der Waals surface area contributed by atoms with Gasteiger partial charge in [-0.1, -0.05) is 19.8 Å². The van der Waals surface area contributed by atoms with E-state index in [1.54, 1.807) is 0 Å². The molecule has 1 saturated heterocycles. The number of ether oxygens (including phenoxy) is 1. The number of hydrogen-bond donors (Lipinski definition) is 1. The van der Waals surface area contributed by atoms with Crippen LogP contribution >= 0.6 is 11.6 Å². The van der Waals surface area contributed by atoms with E-state index in [0.717, 1.165) is 51.1 Å². The molecule has 0 aromatic rings. The summed E-state index contributed by atoms with van der Waals surface area (Å²) in [6.07, 6.45) is 5.16. The van der Waals surface area contributed by atoms with Crippen LogP contribution in [0.5, 0.6) is 0 Å². The Morgan fingerprint density at radius 1 is 1.38 bits per heavy atom. The first-order valence-electron chi connectivity index (χ1n) is 6.21. The first-order chi connectivity index (χ1) is 7.75. The number of carbonyl (C=O) groups is 1. The van der Waals surface area contributed by atoms with Crippen LogP contribution in [0.4, 0.5) is 0 Å². The maximum absolute atomic E-state index is 11.7. The lowest BCUT2D eigenvalue weighted by Crippen LogP contribution is -2.37. The highest BCUT2D eigenvalue weighted by Crippen LogP contribution is 2.19. The molecule has 1 N–H and O–H groups in total. The lowest BCUT2D eigenvalue weighted by molar-refractivity contribution is -0.131. The highest BCUT2D eigenvalue weighted by Gasteiger charge is 2.30. The fourth-order valence-electron chi connectivity index (χ4n) is 1.92. The summed E-state index contributed by atoms with van der Waals surface area (Å²) < 4.78 is 5.39. The molecular formula is C12H22ClNO2. The van der Waals surface area contributed by atoms with Gasteiger partial charge in [-0.25, -0.2) is 0 Å². The van der Waals surface area contributed by atoms with Crippen LogP contribution in [0.1, 0.15) is 39.0 Å². The average molecular weight is 248 g/mol. The second-order valence-corrected chi connectivity index (χ2v) is 4.83. The van der Waals surface area contributed by atoms with Crippen molar-refractivity contribution in [1.82, 2.24) is 5.32 Å². The van der Waals surface area contributed by atoms with Crippen LogP contribution in [0.2, 0.25) is 0 Å². The largest absolute Gasteiger partial charge is 0.368 e. The predicted octanol–water partition coefficient (Wildman–Crippen LogP) is 2.33. The van der Waals surface area contributed by atoms with Crippen molar-refractivity contribution in [3.63, 3.8) is 0 Å². The van der Waals surface area contributed by atoms with E-state index in [4.69, 9.17) is 16.3 Å². The van der Waals surface area contributed by atoms with Crippen molar-refractivity contribution in [1.29, 1.82) is 0 Å². The second kappa shape index (κ2) is 7.91. The SMILES string of the molecule is CC1CCOC1C(=O)NCCCCCCCl. The molecule has 4 heteroatoms. The van der Waals surface area contributed by atoms with E-state index in [1.807, 2.05) is 0 Å². The molecule has 94 valence electrons. The van der Waals surface area contributed by atoms with Crippen LogP contribution in [0, 0.1) is 5.92 Å². The smallest absolute Gasteiger partial charge is 0.249 e. The zero-order chi connectivity index (χ0) is 11.8. The van der Waals surface area contributed by atoms with Crippen molar-refractivity contribution in [3.05, 3.63) is 0 Å². The van der Waals surface area contributed by atoms with E-state index in [1.165, 1.54) is 0 Å². The van der Waals surface area contributed by atoms with E-state index < -0.39 is 0 Å². The van der Waals surface area contributed by atoms with Crippen LogP contribution in [0.25, 0.3) is 0 Å². The summed E-state index contributed by atoms with van der Waals surface area (Å²) in [7, 11) is 0. The summed E-state index contributed by atoms with van der Waals surface area (Å²) in [6.45, 7) is 3.54. The van der Waals surface area contributed by atoms with Crippen LogP contribution in [0.3, 0.4) is 0 Å². The maximum Gasteiger partial charge on any atom is 0.249 e. The second-order valence-electron chi connectivity index (χ2n) is 4.45. The molecule has 0 saturated carbocycles. The molecule has 1 rings (SSSR count). The quantitative estimate of drug-likeness (QED) is 0.554. The summed E-state index contributed by atoms with van der Waals surface area (Å²) in [5.41, 5.74) is 0. The molecule has 1 fully saturated rings. The molecular weight excluding hydrogens is 226 g/mol. The van der Waals surface area contributed by atoms with Crippen molar-refractivity contribution in [2.45, 2.75) is 45.1 Å². The van der Waals surface area contributed by atoms with Crippen LogP contribution in [0.15, 0.2) is 0 Å². The Morgan fingerprint density at radius 3 is 2.75 bits per heavy atom. The van der Waals surface area contributed by atoms with E-state index in [0.29, 0.717) is 5.92 Å². The van der Waals surface area contributed by atoms with Crippen LogP contribution in [-0.4, -0.2) is 31.0 Å². The molecule has 0 spiro atoms. The number of nitrogens with one attached hydrogen (secondary N) is 1. The molecule has 2 unspecified atom stereocenters. The normalized spacial score (nSPS) is 24.6. The minimum absolute atomic E-state index is 0.0577. The molecule has 0 radical (unpaired) electrons. The summed E-state index contributed by atoms with van der Waals surface area (Å²) >= 11 is 5.58. The summed E-state index contributed by atoms with van der Waals surface area (Å²) in [5.74, 6) is 1.15. The van der Waals surface area contributed by atoms with Gasteiger partial charge in [0.25, 0.3) is 0 Å².